The first-order chi connectivity index (χ1) is 15.5. The summed E-state index contributed by atoms with van der Waals surface area (Å²) in [6.07, 6.45) is 0. The van der Waals surface area contributed by atoms with Crippen molar-refractivity contribution in [3.63, 3.8) is 0 Å². The molecule has 1 aromatic heterocycles. The molecular weight excluding hydrogens is 476 g/mol. The van der Waals surface area contributed by atoms with Crippen LogP contribution in [0.15, 0.2) is 74.3 Å². The number of amides is 2. The summed E-state index contributed by atoms with van der Waals surface area (Å²) in [4.78, 5) is 44.2. The Morgan fingerprint density at radius 3 is 2.56 bits per heavy atom. The molecule has 1 aliphatic rings. The van der Waals surface area contributed by atoms with Gasteiger partial charge in [0.25, 0.3) is 11.8 Å². The molecule has 0 aliphatic carbocycles. The number of aromatic nitrogens is 1. The van der Waals surface area contributed by atoms with Gasteiger partial charge < -0.3 is 9.15 Å². The van der Waals surface area contributed by atoms with Crippen LogP contribution in [0.25, 0.3) is 22.4 Å². The molecule has 0 bridgehead atoms. The van der Waals surface area contributed by atoms with Crippen LogP contribution in [0, 0.1) is 0 Å². The van der Waals surface area contributed by atoms with E-state index in [4.69, 9.17) is 9.15 Å². The second kappa shape index (κ2) is 7.72. The summed E-state index contributed by atoms with van der Waals surface area (Å²) in [7, 11) is 0. The van der Waals surface area contributed by atoms with Crippen molar-refractivity contribution in [2.45, 2.75) is 6.92 Å². The Bertz CT molecular complexity index is 1480. The number of hydrogen-bond acceptors (Lipinski definition) is 6. The molecule has 7 nitrogen and oxygen atoms in total. The van der Waals surface area contributed by atoms with E-state index in [9.17, 15) is 14.4 Å². The van der Waals surface area contributed by atoms with E-state index in [2.05, 4.69) is 20.9 Å². The smallest absolute Gasteiger partial charge is 0.347 e. The molecule has 0 unspecified atom stereocenters. The number of carbonyl (C=O) groups is 2. The predicted molar refractivity (Wildman–Crippen MR) is 122 cm³/mol. The Balaban J connectivity index is 1.59. The van der Waals surface area contributed by atoms with Gasteiger partial charge in [0.2, 0.25) is 5.89 Å². The lowest BCUT2D eigenvalue weighted by atomic mass is 10.1. The third-order valence-electron chi connectivity index (χ3n) is 5.13. The number of benzene rings is 3. The highest BCUT2D eigenvalue weighted by molar-refractivity contribution is 9.10. The fraction of sp³-hybridized carbons (Fsp3) is 0.0833. The molecule has 0 atom stereocenters. The summed E-state index contributed by atoms with van der Waals surface area (Å²) in [5, 5.41) is 0.342. The Morgan fingerprint density at radius 1 is 0.969 bits per heavy atom. The van der Waals surface area contributed by atoms with Crippen molar-refractivity contribution in [1.29, 1.82) is 0 Å². The van der Waals surface area contributed by atoms with Gasteiger partial charge in [-0.05, 0) is 55.5 Å². The highest BCUT2D eigenvalue weighted by Crippen LogP contribution is 2.36. The first-order valence-corrected chi connectivity index (χ1v) is 10.6. The number of nitrogens with zero attached hydrogens (tertiary/aromatic N) is 2. The zero-order valence-electron chi connectivity index (χ0n) is 16.8. The summed E-state index contributed by atoms with van der Waals surface area (Å²) < 4.78 is 11.7. The van der Waals surface area contributed by atoms with Crippen molar-refractivity contribution < 1.29 is 18.7 Å². The molecule has 5 rings (SSSR count). The number of halogens is 1. The molecule has 0 N–H and O–H groups in total. The van der Waals surface area contributed by atoms with Crippen LogP contribution in [0.5, 0.6) is 5.75 Å². The summed E-state index contributed by atoms with van der Waals surface area (Å²) in [6.45, 7) is 2.22. The summed E-state index contributed by atoms with van der Waals surface area (Å²) >= 11 is 3.32. The lowest BCUT2D eigenvalue weighted by Gasteiger charge is -2.17. The summed E-state index contributed by atoms with van der Waals surface area (Å²) in [5.41, 5.74) is 1.20. The molecule has 0 radical (unpaired) electrons. The van der Waals surface area contributed by atoms with E-state index in [1.165, 1.54) is 6.07 Å². The minimum atomic E-state index is -0.540. The van der Waals surface area contributed by atoms with Gasteiger partial charge in [-0.2, -0.15) is 0 Å². The first-order valence-electron chi connectivity index (χ1n) is 9.83. The standard InChI is InChI=1S/C24H15BrN2O5/c1-2-31-20-6-4-3-5-19(20)27-22(28)15-9-7-13(11-16(15)23(27)29)21-26-18-10-8-14(25)12-17(18)24(30)32-21/h3-12H,2H2,1H3. The summed E-state index contributed by atoms with van der Waals surface area (Å²) in [5.74, 6) is -0.410. The van der Waals surface area contributed by atoms with Gasteiger partial charge in [-0.1, -0.05) is 28.1 Å². The maximum Gasteiger partial charge on any atom is 0.347 e. The molecule has 2 amide bonds. The molecule has 4 aromatic rings. The van der Waals surface area contributed by atoms with E-state index in [1.54, 1.807) is 54.6 Å². The van der Waals surface area contributed by atoms with E-state index in [-0.39, 0.29) is 17.0 Å². The number of anilines is 1. The maximum absolute atomic E-state index is 13.2. The second-order valence-electron chi connectivity index (χ2n) is 7.07. The van der Waals surface area contributed by atoms with Crippen molar-refractivity contribution in [3.8, 4) is 17.2 Å². The lowest BCUT2D eigenvalue weighted by molar-refractivity contribution is 0.0925. The minimum Gasteiger partial charge on any atom is -0.492 e. The van der Waals surface area contributed by atoms with Gasteiger partial charge in [0, 0.05) is 10.0 Å². The van der Waals surface area contributed by atoms with E-state index < -0.39 is 17.4 Å². The fourth-order valence-electron chi connectivity index (χ4n) is 3.68. The number of imide groups is 1. The van der Waals surface area contributed by atoms with Gasteiger partial charge in [0.05, 0.1) is 34.3 Å². The van der Waals surface area contributed by atoms with Crippen LogP contribution in [-0.2, 0) is 0 Å². The molecule has 158 valence electrons. The van der Waals surface area contributed by atoms with Crippen LogP contribution < -0.4 is 15.3 Å². The number of rotatable bonds is 4. The van der Waals surface area contributed by atoms with Gasteiger partial charge in [0.15, 0.2) is 0 Å². The molecule has 3 aromatic carbocycles. The zero-order chi connectivity index (χ0) is 22.4. The van der Waals surface area contributed by atoms with Crippen LogP contribution in [0.4, 0.5) is 5.69 Å². The largest absolute Gasteiger partial charge is 0.492 e. The number of hydrogen-bond donors (Lipinski definition) is 0. The van der Waals surface area contributed by atoms with Crippen molar-refractivity contribution in [3.05, 3.63) is 86.7 Å². The quantitative estimate of drug-likeness (QED) is 0.381. The topological polar surface area (TPSA) is 89.7 Å². The Hall–Kier alpha value is -3.78. The van der Waals surface area contributed by atoms with Crippen molar-refractivity contribution >= 4 is 44.3 Å². The SMILES string of the molecule is CCOc1ccccc1N1C(=O)c2ccc(-c3nc4ccc(Br)cc4c(=O)o3)cc2C1=O. The predicted octanol–water partition coefficient (Wildman–Crippen LogP) is 4.82. The first kappa shape index (κ1) is 20.1. The highest BCUT2D eigenvalue weighted by atomic mass is 79.9. The number of fused-ring (bicyclic) bond motifs is 2. The lowest BCUT2D eigenvalue weighted by Crippen LogP contribution is -2.29. The van der Waals surface area contributed by atoms with Crippen molar-refractivity contribution in [1.82, 2.24) is 4.98 Å². The molecule has 0 saturated carbocycles. The average Bonchev–Trinajstić information content (AvgIpc) is 3.04. The highest BCUT2D eigenvalue weighted by Gasteiger charge is 2.38. The minimum absolute atomic E-state index is 0.0704. The normalized spacial score (nSPS) is 13.0. The van der Waals surface area contributed by atoms with Crippen LogP contribution in [-0.4, -0.2) is 23.4 Å². The van der Waals surface area contributed by atoms with Gasteiger partial charge in [-0.15, -0.1) is 0 Å². The second-order valence-corrected chi connectivity index (χ2v) is 7.99. The van der Waals surface area contributed by atoms with Crippen LogP contribution in [0.2, 0.25) is 0 Å². The van der Waals surface area contributed by atoms with E-state index in [0.29, 0.717) is 34.5 Å². The van der Waals surface area contributed by atoms with E-state index in [1.807, 2.05) is 6.92 Å². The average molecular weight is 491 g/mol. The van der Waals surface area contributed by atoms with Crippen LogP contribution >= 0.6 is 15.9 Å². The van der Waals surface area contributed by atoms with E-state index >= 15 is 0 Å². The number of para-hydroxylation sites is 2. The molecule has 32 heavy (non-hydrogen) atoms. The number of ether oxygens (including phenoxy) is 1. The maximum atomic E-state index is 13.2. The molecule has 0 fully saturated rings. The van der Waals surface area contributed by atoms with Gasteiger partial charge in [-0.25, -0.2) is 14.7 Å². The third-order valence-corrected chi connectivity index (χ3v) is 5.62. The molecule has 0 saturated heterocycles. The molecule has 2 heterocycles. The molecule has 1 aliphatic heterocycles. The molecular formula is C24H15BrN2O5. The van der Waals surface area contributed by atoms with Crippen LogP contribution in [0.3, 0.4) is 0 Å². The molecule has 8 heteroatoms. The number of carbonyl (C=O) groups excluding carboxylic acids is 2. The fourth-order valence-corrected chi connectivity index (χ4v) is 4.04. The zero-order valence-corrected chi connectivity index (χ0v) is 18.4. The van der Waals surface area contributed by atoms with Gasteiger partial charge in [0.1, 0.15) is 5.75 Å². The van der Waals surface area contributed by atoms with Gasteiger partial charge >= 0.3 is 5.63 Å². The Morgan fingerprint density at radius 2 is 1.75 bits per heavy atom. The molecule has 0 spiro atoms. The Kier molecular flexibility index (Phi) is 4.86. The Labute approximate surface area is 190 Å². The monoisotopic (exact) mass is 490 g/mol. The van der Waals surface area contributed by atoms with Crippen molar-refractivity contribution in [2.75, 3.05) is 11.5 Å². The van der Waals surface area contributed by atoms with Crippen molar-refractivity contribution in [2.24, 2.45) is 0 Å². The van der Waals surface area contributed by atoms with Crippen LogP contribution in [0.1, 0.15) is 27.6 Å². The van der Waals surface area contributed by atoms with Gasteiger partial charge in [-0.3, -0.25) is 9.59 Å². The third kappa shape index (κ3) is 3.20. The summed E-state index contributed by atoms with van der Waals surface area (Å²) in [6, 6.07) is 16.7. The van der Waals surface area contributed by atoms with E-state index in [0.717, 1.165) is 9.37 Å².